The molecular weight excluding hydrogens is 493 g/mol. The number of thioether (sulfide) groups is 1. The maximum Gasteiger partial charge on any atom is 0.264 e. The molecular formula is C25H19ClFN3O4S. The lowest BCUT2D eigenvalue weighted by atomic mass is 10.2. The minimum atomic E-state index is -0.479. The summed E-state index contributed by atoms with van der Waals surface area (Å²) in [5.74, 6) is -0.469. The van der Waals surface area contributed by atoms with Gasteiger partial charge in [-0.1, -0.05) is 41.9 Å². The van der Waals surface area contributed by atoms with Crippen molar-refractivity contribution in [2.24, 2.45) is 4.99 Å². The molecule has 35 heavy (non-hydrogen) atoms. The molecule has 2 N–H and O–H groups in total. The van der Waals surface area contributed by atoms with E-state index in [0.29, 0.717) is 32.7 Å². The molecule has 0 aliphatic carbocycles. The SMILES string of the molecule is COc1cc(/C=C2\SC(=Nc3ccccc3F)NC2=O)ccc1OCC(=O)Nc1ccccc1Cl. The van der Waals surface area contributed by atoms with Gasteiger partial charge < -0.3 is 20.1 Å². The van der Waals surface area contributed by atoms with Gasteiger partial charge in [-0.25, -0.2) is 9.38 Å². The van der Waals surface area contributed by atoms with E-state index in [-0.39, 0.29) is 29.3 Å². The Labute approximate surface area is 210 Å². The van der Waals surface area contributed by atoms with Crippen LogP contribution in [-0.4, -0.2) is 30.7 Å². The number of aliphatic imine (C=N–C) groups is 1. The van der Waals surface area contributed by atoms with Crippen molar-refractivity contribution in [1.29, 1.82) is 0 Å². The van der Waals surface area contributed by atoms with Gasteiger partial charge in [-0.15, -0.1) is 0 Å². The van der Waals surface area contributed by atoms with Crippen LogP contribution < -0.4 is 20.1 Å². The third kappa shape index (κ3) is 6.20. The number of ether oxygens (including phenoxy) is 2. The number of para-hydroxylation sites is 2. The first-order valence-electron chi connectivity index (χ1n) is 10.3. The predicted octanol–water partition coefficient (Wildman–Crippen LogP) is 5.40. The average Bonchev–Trinajstić information content (AvgIpc) is 3.19. The third-order valence-corrected chi connectivity index (χ3v) is 5.96. The van der Waals surface area contributed by atoms with Gasteiger partial charge in [0.15, 0.2) is 23.3 Å². The van der Waals surface area contributed by atoms with Gasteiger partial charge in [0, 0.05) is 0 Å². The molecule has 3 aromatic rings. The maximum absolute atomic E-state index is 13.8. The summed E-state index contributed by atoms with van der Waals surface area (Å²) in [4.78, 5) is 29.1. The van der Waals surface area contributed by atoms with E-state index in [1.807, 2.05) is 0 Å². The Bertz CT molecular complexity index is 1350. The van der Waals surface area contributed by atoms with Gasteiger partial charge in [0.1, 0.15) is 11.5 Å². The van der Waals surface area contributed by atoms with E-state index in [1.165, 1.54) is 19.2 Å². The van der Waals surface area contributed by atoms with Gasteiger partial charge in [0.25, 0.3) is 11.8 Å². The molecule has 178 valence electrons. The van der Waals surface area contributed by atoms with Crippen molar-refractivity contribution in [3.8, 4) is 11.5 Å². The van der Waals surface area contributed by atoms with Crippen molar-refractivity contribution in [1.82, 2.24) is 5.32 Å². The van der Waals surface area contributed by atoms with Crippen LogP contribution in [0.15, 0.2) is 76.6 Å². The van der Waals surface area contributed by atoms with Crippen LogP contribution in [0.1, 0.15) is 5.56 Å². The maximum atomic E-state index is 13.8. The van der Waals surface area contributed by atoms with Gasteiger partial charge in [-0.2, -0.15) is 0 Å². The summed E-state index contributed by atoms with van der Waals surface area (Å²) >= 11 is 7.15. The Morgan fingerprint density at radius 3 is 2.69 bits per heavy atom. The summed E-state index contributed by atoms with van der Waals surface area (Å²) in [6, 6.07) is 18.0. The second kappa shape index (κ2) is 11.1. The number of anilines is 1. The highest BCUT2D eigenvalue weighted by molar-refractivity contribution is 8.18. The van der Waals surface area contributed by atoms with Crippen LogP contribution in [0.25, 0.3) is 6.08 Å². The smallest absolute Gasteiger partial charge is 0.264 e. The molecule has 0 spiro atoms. The Balaban J connectivity index is 1.43. The lowest BCUT2D eigenvalue weighted by Crippen LogP contribution is -2.20. The zero-order chi connectivity index (χ0) is 24.8. The number of hydrogen-bond donors (Lipinski definition) is 2. The quantitative estimate of drug-likeness (QED) is 0.415. The molecule has 7 nitrogen and oxygen atoms in total. The Hall–Kier alpha value is -3.82. The summed E-state index contributed by atoms with van der Waals surface area (Å²) in [6.45, 7) is -0.254. The summed E-state index contributed by atoms with van der Waals surface area (Å²) in [5.41, 5.74) is 1.29. The highest BCUT2D eigenvalue weighted by Gasteiger charge is 2.24. The van der Waals surface area contributed by atoms with Crippen LogP contribution >= 0.6 is 23.4 Å². The number of nitrogens with one attached hydrogen (secondary N) is 2. The summed E-state index contributed by atoms with van der Waals surface area (Å²) in [6.07, 6.45) is 1.65. The van der Waals surface area contributed by atoms with Gasteiger partial charge >= 0.3 is 0 Å². The van der Waals surface area contributed by atoms with Crippen LogP contribution in [-0.2, 0) is 9.59 Å². The standard InChI is InChI=1S/C25H19ClFN3O4S/c1-33-21-12-15(10-11-20(21)34-14-23(31)28-18-8-4-2-6-16(18)26)13-22-24(32)30-25(35-22)29-19-9-5-3-7-17(19)27/h2-13H,14H2,1H3,(H,28,31)(H,29,30,32)/b22-13-. The molecule has 2 amide bonds. The van der Waals surface area contributed by atoms with Crippen LogP contribution in [0, 0.1) is 5.82 Å². The van der Waals surface area contributed by atoms with E-state index < -0.39 is 5.82 Å². The number of halogens is 2. The molecule has 0 bridgehead atoms. The van der Waals surface area contributed by atoms with E-state index in [4.69, 9.17) is 21.1 Å². The van der Waals surface area contributed by atoms with Crippen LogP contribution in [0.3, 0.4) is 0 Å². The summed E-state index contributed by atoms with van der Waals surface area (Å²) in [7, 11) is 1.47. The molecule has 1 aliphatic rings. The Kier molecular flexibility index (Phi) is 7.69. The molecule has 1 fully saturated rings. The van der Waals surface area contributed by atoms with Crippen molar-refractivity contribution >= 4 is 57.8 Å². The first-order valence-corrected chi connectivity index (χ1v) is 11.5. The summed E-state index contributed by atoms with van der Waals surface area (Å²) in [5, 5.41) is 6.01. The molecule has 3 aromatic carbocycles. The summed E-state index contributed by atoms with van der Waals surface area (Å²) < 4.78 is 24.8. The van der Waals surface area contributed by atoms with E-state index in [2.05, 4.69) is 15.6 Å². The molecule has 0 unspecified atom stereocenters. The first-order chi connectivity index (χ1) is 16.9. The Morgan fingerprint density at radius 1 is 1.14 bits per heavy atom. The number of nitrogens with zero attached hydrogens (tertiary/aromatic N) is 1. The average molecular weight is 512 g/mol. The number of carbonyl (C=O) groups is 2. The topological polar surface area (TPSA) is 89.0 Å². The number of benzene rings is 3. The predicted molar refractivity (Wildman–Crippen MR) is 136 cm³/mol. The number of hydrogen-bond acceptors (Lipinski definition) is 6. The van der Waals surface area contributed by atoms with Crippen LogP contribution in [0.2, 0.25) is 5.02 Å². The van der Waals surface area contributed by atoms with Crippen molar-refractivity contribution in [3.05, 3.63) is 88.0 Å². The van der Waals surface area contributed by atoms with E-state index in [9.17, 15) is 14.0 Å². The third-order valence-electron chi connectivity index (χ3n) is 4.72. The molecule has 0 aromatic heterocycles. The van der Waals surface area contributed by atoms with E-state index in [1.54, 1.807) is 60.7 Å². The first kappa shape index (κ1) is 24.3. The number of carbonyl (C=O) groups excluding carboxylic acids is 2. The van der Waals surface area contributed by atoms with Crippen molar-refractivity contribution < 1.29 is 23.5 Å². The number of rotatable bonds is 7. The van der Waals surface area contributed by atoms with Gasteiger partial charge in [0.05, 0.1) is 22.7 Å². The minimum Gasteiger partial charge on any atom is -0.493 e. The van der Waals surface area contributed by atoms with E-state index >= 15 is 0 Å². The lowest BCUT2D eigenvalue weighted by molar-refractivity contribution is -0.118. The molecule has 10 heteroatoms. The zero-order valence-electron chi connectivity index (χ0n) is 18.4. The largest absolute Gasteiger partial charge is 0.493 e. The van der Waals surface area contributed by atoms with Crippen LogP contribution in [0.5, 0.6) is 11.5 Å². The van der Waals surface area contributed by atoms with Crippen LogP contribution in [0.4, 0.5) is 15.8 Å². The van der Waals surface area contributed by atoms with Crippen molar-refractivity contribution in [2.75, 3.05) is 19.0 Å². The normalized spacial score (nSPS) is 15.2. The van der Waals surface area contributed by atoms with Gasteiger partial charge in [-0.3, -0.25) is 9.59 Å². The lowest BCUT2D eigenvalue weighted by Gasteiger charge is -2.12. The Morgan fingerprint density at radius 2 is 1.91 bits per heavy atom. The monoisotopic (exact) mass is 511 g/mol. The molecule has 0 radical (unpaired) electrons. The number of amides is 2. The highest BCUT2D eigenvalue weighted by atomic mass is 35.5. The fraction of sp³-hybridized carbons (Fsp3) is 0.0800. The molecule has 0 atom stereocenters. The minimum absolute atomic E-state index is 0.137. The number of methoxy groups -OCH3 is 1. The van der Waals surface area contributed by atoms with E-state index in [0.717, 1.165) is 11.8 Å². The fourth-order valence-electron chi connectivity index (χ4n) is 3.07. The van der Waals surface area contributed by atoms with Crippen molar-refractivity contribution in [2.45, 2.75) is 0 Å². The fourth-order valence-corrected chi connectivity index (χ4v) is 4.09. The molecule has 4 rings (SSSR count). The molecule has 1 aliphatic heterocycles. The van der Waals surface area contributed by atoms with Gasteiger partial charge in [0.2, 0.25) is 0 Å². The molecule has 1 heterocycles. The van der Waals surface area contributed by atoms with Gasteiger partial charge in [-0.05, 0) is 59.8 Å². The van der Waals surface area contributed by atoms with Crippen molar-refractivity contribution in [3.63, 3.8) is 0 Å². The second-order valence-corrected chi connectivity index (χ2v) is 8.60. The molecule has 1 saturated heterocycles. The second-order valence-electron chi connectivity index (χ2n) is 7.16. The highest BCUT2D eigenvalue weighted by Crippen LogP contribution is 2.32. The zero-order valence-corrected chi connectivity index (χ0v) is 20.0. The molecule has 0 saturated carbocycles. The number of amidine groups is 1.